The summed E-state index contributed by atoms with van der Waals surface area (Å²) < 4.78 is 0.954. The zero-order valence-corrected chi connectivity index (χ0v) is 10.2. The van der Waals surface area contributed by atoms with E-state index in [1.54, 1.807) is 23.6 Å². The third-order valence-electron chi connectivity index (χ3n) is 2.44. The molecule has 3 rings (SSSR count). The van der Waals surface area contributed by atoms with Crippen LogP contribution in [-0.4, -0.2) is 16.0 Å². The lowest BCUT2D eigenvalue weighted by atomic mass is 10.1. The minimum absolute atomic E-state index is 0.364. The number of anilines is 1. The number of nitrogens with zero attached hydrogens (tertiary/aromatic N) is 1. The number of aromatic nitrogens is 1. The van der Waals surface area contributed by atoms with Crippen LogP contribution in [0.4, 0.5) is 5.69 Å². The Balaban J connectivity index is 1.90. The Bertz CT molecular complexity index is 569. The predicted octanol–water partition coefficient (Wildman–Crippen LogP) is 2.28. The van der Waals surface area contributed by atoms with Crippen molar-refractivity contribution in [2.45, 2.75) is 15.3 Å². The van der Waals surface area contributed by atoms with E-state index in [0.717, 1.165) is 9.24 Å². The van der Waals surface area contributed by atoms with Gasteiger partial charge in [0.25, 0.3) is 5.91 Å². The SMILES string of the molecule is O=C1Nc2cc(Sc3nccs3)ccc2C1O. The van der Waals surface area contributed by atoms with E-state index in [1.807, 2.05) is 17.5 Å². The average molecular weight is 264 g/mol. The zero-order chi connectivity index (χ0) is 11.8. The van der Waals surface area contributed by atoms with Crippen LogP contribution in [-0.2, 0) is 4.79 Å². The van der Waals surface area contributed by atoms with Crippen LogP contribution in [0.5, 0.6) is 0 Å². The number of aliphatic hydroxyl groups is 1. The van der Waals surface area contributed by atoms with Crippen molar-refractivity contribution < 1.29 is 9.90 Å². The molecule has 1 unspecified atom stereocenters. The van der Waals surface area contributed by atoms with Gasteiger partial charge in [-0.25, -0.2) is 4.98 Å². The Morgan fingerprint density at radius 3 is 3.12 bits per heavy atom. The summed E-state index contributed by atoms with van der Waals surface area (Å²) >= 11 is 3.10. The van der Waals surface area contributed by atoms with Crippen LogP contribution in [0, 0.1) is 0 Å². The first-order chi connectivity index (χ1) is 8.24. The lowest BCUT2D eigenvalue weighted by Gasteiger charge is -2.02. The molecule has 1 amide bonds. The second-order valence-corrected chi connectivity index (χ2v) is 5.76. The van der Waals surface area contributed by atoms with Crippen LogP contribution in [0.2, 0.25) is 0 Å². The van der Waals surface area contributed by atoms with E-state index in [4.69, 9.17) is 0 Å². The maximum absolute atomic E-state index is 11.3. The van der Waals surface area contributed by atoms with Crippen LogP contribution >= 0.6 is 23.1 Å². The number of thiazole rings is 1. The number of hydrogen-bond acceptors (Lipinski definition) is 5. The molecule has 0 aliphatic carbocycles. The molecule has 0 spiro atoms. The van der Waals surface area contributed by atoms with E-state index >= 15 is 0 Å². The third-order valence-corrected chi connectivity index (χ3v) is 4.31. The largest absolute Gasteiger partial charge is 0.378 e. The van der Waals surface area contributed by atoms with Gasteiger partial charge in [-0.2, -0.15) is 0 Å². The molecule has 0 saturated heterocycles. The van der Waals surface area contributed by atoms with Crippen molar-refractivity contribution in [2.75, 3.05) is 5.32 Å². The van der Waals surface area contributed by atoms with Gasteiger partial charge in [0, 0.05) is 27.7 Å². The van der Waals surface area contributed by atoms with Crippen molar-refractivity contribution in [1.82, 2.24) is 4.98 Å². The molecule has 0 saturated carbocycles. The highest BCUT2D eigenvalue weighted by molar-refractivity contribution is 8.01. The molecule has 2 N–H and O–H groups in total. The van der Waals surface area contributed by atoms with Crippen LogP contribution in [0.25, 0.3) is 0 Å². The Morgan fingerprint density at radius 2 is 2.35 bits per heavy atom. The first kappa shape index (κ1) is 10.8. The van der Waals surface area contributed by atoms with Gasteiger partial charge >= 0.3 is 0 Å². The Labute approximate surface area is 106 Å². The average Bonchev–Trinajstić information content (AvgIpc) is 2.89. The summed E-state index contributed by atoms with van der Waals surface area (Å²) in [7, 11) is 0. The molecule has 1 aliphatic heterocycles. The molecule has 0 fully saturated rings. The van der Waals surface area contributed by atoms with Crippen LogP contribution in [0.15, 0.2) is 39.0 Å². The van der Waals surface area contributed by atoms with Crippen molar-refractivity contribution >= 4 is 34.7 Å². The van der Waals surface area contributed by atoms with Crippen molar-refractivity contribution in [2.24, 2.45) is 0 Å². The van der Waals surface area contributed by atoms with Crippen LogP contribution in [0.3, 0.4) is 0 Å². The van der Waals surface area contributed by atoms with Crippen LogP contribution < -0.4 is 5.32 Å². The first-order valence-electron chi connectivity index (χ1n) is 4.94. The minimum Gasteiger partial charge on any atom is -0.378 e. The van der Waals surface area contributed by atoms with Crippen molar-refractivity contribution in [1.29, 1.82) is 0 Å². The number of benzene rings is 1. The molecule has 2 heterocycles. The van der Waals surface area contributed by atoms with Gasteiger partial charge in [0.15, 0.2) is 10.4 Å². The van der Waals surface area contributed by atoms with Crippen LogP contribution in [0.1, 0.15) is 11.7 Å². The molecule has 1 atom stereocenters. The molecule has 6 heteroatoms. The lowest BCUT2D eigenvalue weighted by Crippen LogP contribution is -2.10. The summed E-state index contributed by atoms with van der Waals surface area (Å²) in [6.45, 7) is 0. The highest BCUT2D eigenvalue weighted by atomic mass is 32.2. The summed E-state index contributed by atoms with van der Waals surface area (Å²) in [6, 6.07) is 5.51. The summed E-state index contributed by atoms with van der Waals surface area (Å²) in [5.74, 6) is -0.364. The molecule has 1 aromatic heterocycles. The molecular weight excluding hydrogens is 256 g/mol. The molecule has 4 nitrogen and oxygen atoms in total. The summed E-state index contributed by atoms with van der Waals surface area (Å²) in [6.07, 6.45) is 0.718. The minimum atomic E-state index is -1.04. The maximum Gasteiger partial charge on any atom is 0.257 e. The summed E-state index contributed by atoms with van der Waals surface area (Å²) in [4.78, 5) is 16.5. The normalized spacial score (nSPS) is 17.9. The van der Waals surface area contributed by atoms with E-state index in [0.29, 0.717) is 11.3 Å². The topological polar surface area (TPSA) is 62.2 Å². The number of hydrogen-bond donors (Lipinski definition) is 2. The van der Waals surface area contributed by atoms with Gasteiger partial charge in [-0.3, -0.25) is 4.79 Å². The zero-order valence-electron chi connectivity index (χ0n) is 8.58. The van der Waals surface area contributed by atoms with E-state index in [9.17, 15) is 9.90 Å². The predicted molar refractivity (Wildman–Crippen MR) is 66.3 cm³/mol. The molecule has 17 heavy (non-hydrogen) atoms. The number of carbonyl (C=O) groups is 1. The smallest absolute Gasteiger partial charge is 0.257 e. The van der Waals surface area contributed by atoms with Gasteiger partial charge in [-0.1, -0.05) is 17.8 Å². The molecule has 1 aliphatic rings. The standard InChI is InChI=1S/C11H8N2O2S2/c14-9-7-2-1-6(5-8(7)13-10(9)15)17-11-12-3-4-16-11/h1-5,9,14H,(H,13,15). The fraction of sp³-hybridized carbons (Fsp3) is 0.0909. The highest BCUT2D eigenvalue weighted by Gasteiger charge is 2.28. The van der Waals surface area contributed by atoms with Crippen molar-refractivity contribution in [3.8, 4) is 0 Å². The number of aliphatic hydroxyl groups excluding tert-OH is 1. The molecule has 2 aromatic rings. The third kappa shape index (κ3) is 1.95. The number of rotatable bonds is 2. The van der Waals surface area contributed by atoms with Gasteiger partial charge in [0.2, 0.25) is 0 Å². The highest BCUT2D eigenvalue weighted by Crippen LogP contribution is 2.36. The first-order valence-corrected chi connectivity index (χ1v) is 6.64. The molecule has 0 radical (unpaired) electrons. The molecule has 1 aromatic carbocycles. The summed E-state index contributed by atoms with van der Waals surface area (Å²) in [5.41, 5.74) is 1.32. The number of fused-ring (bicyclic) bond motifs is 1. The maximum atomic E-state index is 11.3. The van der Waals surface area contributed by atoms with E-state index in [2.05, 4.69) is 10.3 Å². The number of carbonyl (C=O) groups excluding carboxylic acids is 1. The Morgan fingerprint density at radius 1 is 1.47 bits per heavy atom. The quantitative estimate of drug-likeness (QED) is 0.873. The number of nitrogens with one attached hydrogen (secondary N) is 1. The fourth-order valence-corrected chi connectivity index (χ4v) is 3.29. The second-order valence-electron chi connectivity index (χ2n) is 3.54. The molecule has 86 valence electrons. The summed E-state index contributed by atoms with van der Waals surface area (Å²) in [5, 5.41) is 14.1. The number of amides is 1. The van der Waals surface area contributed by atoms with Gasteiger partial charge in [0.05, 0.1) is 0 Å². The van der Waals surface area contributed by atoms with Gasteiger partial charge < -0.3 is 10.4 Å². The van der Waals surface area contributed by atoms with Crippen molar-refractivity contribution in [3.05, 3.63) is 35.3 Å². The monoisotopic (exact) mass is 264 g/mol. The van der Waals surface area contributed by atoms with Crippen molar-refractivity contribution in [3.63, 3.8) is 0 Å². The Kier molecular flexibility index (Phi) is 2.62. The van der Waals surface area contributed by atoms with Gasteiger partial charge in [-0.05, 0) is 12.1 Å². The molecule has 0 bridgehead atoms. The lowest BCUT2D eigenvalue weighted by molar-refractivity contribution is -0.123. The molecular formula is C11H8N2O2S2. The van der Waals surface area contributed by atoms with E-state index < -0.39 is 6.10 Å². The van der Waals surface area contributed by atoms with Gasteiger partial charge in [0.1, 0.15) is 0 Å². The van der Waals surface area contributed by atoms with E-state index in [1.165, 1.54) is 11.8 Å². The fourth-order valence-electron chi connectivity index (χ4n) is 1.65. The second kappa shape index (κ2) is 4.14. The van der Waals surface area contributed by atoms with Gasteiger partial charge in [-0.15, -0.1) is 11.3 Å². The Hall–Kier alpha value is -1.37. The van der Waals surface area contributed by atoms with E-state index in [-0.39, 0.29) is 5.91 Å².